The third-order valence-electron chi connectivity index (χ3n) is 6.10. The van der Waals surface area contributed by atoms with Crippen LogP contribution in [-0.2, 0) is 0 Å². The van der Waals surface area contributed by atoms with Crippen LogP contribution in [0, 0.1) is 20.8 Å². The molecular formula is C34H29O4P. The molecule has 0 radical (unpaired) electrons. The lowest BCUT2D eigenvalue weighted by molar-refractivity contribution is 0.108. The van der Waals surface area contributed by atoms with Gasteiger partial charge in [-0.3, -0.25) is 4.79 Å². The molecule has 0 heterocycles. The summed E-state index contributed by atoms with van der Waals surface area (Å²) >= 11 is 0. The Bertz CT molecular complexity index is 1500. The molecule has 5 rings (SSSR count). The van der Waals surface area contributed by atoms with E-state index in [-0.39, 0.29) is 14.1 Å². The zero-order valence-corrected chi connectivity index (χ0v) is 23.1. The molecule has 0 saturated carbocycles. The molecule has 0 N–H and O–H groups in total. The number of ether oxygens (including phenoxy) is 3. The summed E-state index contributed by atoms with van der Waals surface area (Å²) in [5.41, 5.74) is 3.82. The molecular weight excluding hydrogens is 503 g/mol. The Morgan fingerprint density at radius 1 is 0.538 bits per heavy atom. The van der Waals surface area contributed by atoms with E-state index in [0.29, 0.717) is 39.8 Å². The van der Waals surface area contributed by atoms with E-state index in [1.54, 1.807) is 0 Å². The predicted molar refractivity (Wildman–Crippen MR) is 159 cm³/mol. The number of carbonyl (C=O) groups is 1. The minimum atomic E-state index is -0.234. The molecule has 0 aromatic heterocycles. The van der Waals surface area contributed by atoms with Crippen LogP contribution in [0.4, 0.5) is 0 Å². The van der Waals surface area contributed by atoms with Crippen LogP contribution in [0.15, 0.2) is 115 Å². The molecule has 0 spiro atoms. The fourth-order valence-corrected chi connectivity index (χ4v) is 5.72. The van der Waals surface area contributed by atoms with Gasteiger partial charge in [0.05, 0.1) is 5.30 Å². The summed E-state index contributed by atoms with van der Waals surface area (Å²) < 4.78 is 18.9. The third-order valence-corrected chi connectivity index (χ3v) is 7.32. The Morgan fingerprint density at radius 2 is 0.949 bits per heavy atom. The minimum absolute atomic E-state index is 0.0255. The first-order chi connectivity index (χ1) is 19.0. The van der Waals surface area contributed by atoms with Gasteiger partial charge in [-0.2, -0.15) is 0 Å². The molecule has 0 aliphatic rings. The molecule has 5 heteroatoms. The third kappa shape index (κ3) is 6.54. The first-order valence-corrected chi connectivity index (χ1v) is 13.7. The van der Waals surface area contributed by atoms with Crippen molar-refractivity contribution < 1.29 is 19.0 Å². The van der Waals surface area contributed by atoms with E-state index in [0.717, 1.165) is 22.3 Å². The van der Waals surface area contributed by atoms with Crippen LogP contribution in [0.5, 0.6) is 34.5 Å². The maximum atomic E-state index is 13.8. The quantitative estimate of drug-likeness (QED) is 0.178. The van der Waals surface area contributed by atoms with Crippen molar-refractivity contribution in [2.45, 2.75) is 20.8 Å². The molecule has 0 fully saturated rings. The summed E-state index contributed by atoms with van der Waals surface area (Å²) in [6.45, 7) is 6.01. The molecule has 0 amide bonds. The van der Waals surface area contributed by atoms with Crippen LogP contribution in [0.3, 0.4) is 0 Å². The number of para-hydroxylation sites is 3. The molecule has 0 saturated heterocycles. The van der Waals surface area contributed by atoms with Gasteiger partial charge in [-0.15, -0.1) is 0 Å². The Labute approximate surface area is 231 Å². The van der Waals surface area contributed by atoms with Crippen molar-refractivity contribution in [1.82, 2.24) is 0 Å². The van der Waals surface area contributed by atoms with Crippen molar-refractivity contribution >= 4 is 19.4 Å². The fraction of sp³-hybridized carbons (Fsp3) is 0.0882. The molecule has 5 aromatic carbocycles. The molecule has 1 atom stereocenters. The first-order valence-electron chi connectivity index (χ1n) is 12.7. The number of carbonyl (C=O) groups excluding carboxylic acids is 1. The van der Waals surface area contributed by atoms with Gasteiger partial charge in [-0.05, 0) is 76.9 Å². The second-order valence-electron chi connectivity index (χ2n) is 9.27. The van der Waals surface area contributed by atoms with Crippen LogP contribution in [-0.4, -0.2) is 5.52 Å². The summed E-state index contributed by atoms with van der Waals surface area (Å²) in [5.74, 6) is 3.56. The first kappa shape index (κ1) is 26.2. The van der Waals surface area contributed by atoms with Gasteiger partial charge in [0.2, 0.25) is 0 Å². The summed E-state index contributed by atoms with van der Waals surface area (Å²) in [6, 6.07) is 36.3. The average molecular weight is 533 g/mol. The molecule has 39 heavy (non-hydrogen) atoms. The van der Waals surface area contributed by atoms with Crippen molar-refractivity contribution in [3.63, 3.8) is 0 Å². The van der Waals surface area contributed by atoms with Gasteiger partial charge in [0, 0.05) is 17.7 Å². The van der Waals surface area contributed by atoms with E-state index < -0.39 is 0 Å². The number of aryl methyl sites for hydroxylation is 3. The van der Waals surface area contributed by atoms with Crippen molar-refractivity contribution in [3.8, 4) is 34.5 Å². The fourth-order valence-electron chi connectivity index (χ4n) is 4.48. The van der Waals surface area contributed by atoms with Gasteiger partial charge in [-0.25, -0.2) is 0 Å². The number of rotatable bonds is 9. The van der Waals surface area contributed by atoms with Crippen LogP contribution < -0.4 is 19.5 Å². The topological polar surface area (TPSA) is 44.8 Å². The van der Waals surface area contributed by atoms with E-state index in [1.807, 2.05) is 136 Å². The monoisotopic (exact) mass is 532 g/mol. The Morgan fingerprint density at radius 3 is 1.38 bits per heavy atom. The van der Waals surface area contributed by atoms with E-state index >= 15 is 0 Å². The van der Waals surface area contributed by atoms with E-state index in [4.69, 9.17) is 14.2 Å². The van der Waals surface area contributed by atoms with Crippen molar-refractivity contribution in [2.75, 3.05) is 0 Å². The van der Waals surface area contributed by atoms with Crippen LogP contribution >= 0.6 is 8.58 Å². The van der Waals surface area contributed by atoms with Gasteiger partial charge in [0.25, 0.3) is 0 Å². The standard InChI is InChI=1S/C34H29O4P/c1-23-19-24(2)32(25(3)20-23)34(35)39-33-30(37-27-15-9-5-10-16-27)21-29(36-26-13-7-4-8-14-26)22-31(33)38-28-17-11-6-12-18-28/h4-22,39H,1-3H3. The van der Waals surface area contributed by atoms with Gasteiger partial charge >= 0.3 is 0 Å². The summed E-state index contributed by atoms with van der Waals surface area (Å²) in [4.78, 5) is 13.8. The maximum absolute atomic E-state index is 13.8. The van der Waals surface area contributed by atoms with Gasteiger partial charge in [0.1, 0.15) is 34.5 Å². The highest BCUT2D eigenvalue weighted by Crippen LogP contribution is 2.40. The van der Waals surface area contributed by atoms with Gasteiger partial charge in [-0.1, -0.05) is 72.3 Å². The van der Waals surface area contributed by atoms with Gasteiger partial charge in [0.15, 0.2) is 5.52 Å². The lowest BCUT2D eigenvalue weighted by Crippen LogP contribution is -2.10. The van der Waals surface area contributed by atoms with Crippen molar-refractivity contribution in [1.29, 1.82) is 0 Å². The molecule has 1 unspecified atom stereocenters. The highest BCUT2D eigenvalue weighted by molar-refractivity contribution is 7.66. The zero-order chi connectivity index (χ0) is 27.2. The minimum Gasteiger partial charge on any atom is -0.457 e. The second kappa shape index (κ2) is 12.0. The molecule has 4 nitrogen and oxygen atoms in total. The summed E-state index contributed by atoms with van der Waals surface area (Å²) in [5, 5.41) is 0.674. The number of benzene rings is 5. The smallest absolute Gasteiger partial charge is 0.186 e. The van der Waals surface area contributed by atoms with E-state index in [2.05, 4.69) is 0 Å². The van der Waals surface area contributed by atoms with Crippen LogP contribution in [0.1, 0.15) is 27.0 Å². The molecule has 0 bridgehead atoms. The van der Waals surface area contributed by atoms with E-state index in [9.17, 15) is 4.79 Å². The highest BCUT2D eigenvalue weighted by Gasteiger charge is 2.22. The summed E-state index contributed by atoms with van der Waals surface area (Å²) in [7, 11) is -0.234. The second-order valence-corrected chi connectivity index (χ2v) is 10.5. The van der Waals surface area contributed by atoms with Gasteiger partial charge < -0.3 is 14.2 Å². The Balaban J connectivity index is 1.62. The average Bonchev–Trinajstić information content (AvgIpc) is 2.92. The summed E-state index contributed by atoms with van der Waals surface area (Å²) in [6.07, 6.45) is 0. The number of hydrogen-bond donors (Lipinski definition) is 0. The maximum Gasteiger partial charge on any atom is 0.186 e. The zero-order valence-electron chi connectivity index (χ0n) is 22.1. The lowest BCUT2D eigenvalue weighted by Gasteiger charge is -2.19. The largest absolute Gasteiger partial charge is 0.457 e. The van der Waals surface area contributed by atoms with Crippen molar-refractivity contribution in [2.24, 2.45) is 0 Å². The molecule has 0 aliphatic carbocycles. The van der Waals surface area contributed by atoms with Crippen LogP contribution in [0.25, 0.3) is 0 Å². The molecule has 5 aromatic rings. The Kier molecular flexibility index (Phi) is 8.05. The lowest BCUT2D eigenvalue weighted by atomic mass is 10.0. The normalized spacial score (nSPS) is 10.9. The SMILES string of the molecule is Cc1cc(C)c(C(=O)Pc2c(Oc3ccccc3)cc(Oc3ccccc3)cc2Oc2ccccc2)c(C)c1. The number of hydrogen-bond acceptors (Lipinski definition) is 4. The molecule has 194 valence electrons. The van der Waals surface area contributed by atoms with Crippen LogP contribution in [0.2, 0.25) is 0 Å². The van der Waals surface area contributed by atoms with Crippen molar-refractivity contribution in [3.05, 3.63) is 138 Å². The van der Waals surface area contributed by atoms with E-state index in [1.165, 1.54) is 0 Å². The Hall–Kier alpha value is -4.40. The predicted octanol–water partition coefficient (Wildman–Crippen LogP) is 9.13. The highest BCUT2D eigenvalue weighted by atomic mass is 31.1. The molecule has 0 aliphatic heterocycles.